The Balaban J connectivity index is 0.00000274. The summed E-state index contributed by atoms with van der Waals surface area (Å²) in [6.45, 7) is 2.77. The standard InChI is InChI=1S/C23H30N4O5S.Na/c1-2-17-14-21(32-25-17)27(18-9-11-31-12-10-18)33(29,30)26-23(28)24-22-19-7-3-5-15(19)13-16-6-4-8-20(16)22;/h13-14,18H,2-12H2,1H3,(H2,24,26,28);/q;+1/p-1. The van der Waals surface area contributed by atoms with Crippen molar-refractivity contribution >= 4 is 27.8 Å². The van der Waals surface area contributed by atoms with Crippen LogP contribution in [0.1, 0.15) is 60.6 Å². The molecule has 9 nitrogen and oxygen atoms in total. The minimum absolute atomic E-state index is 0. The summed E-state index contributed by atoms with van der Waals surface area (Å²) in [5.74, 6) is 0.0804. The number of benzene rings is 1. The zero-order valence-corrected chi connectivity index (χ0v) is 22.6. The molecule has 1 aromatic heterocycles. The molecule has 3 aliphatic rings. The van der Waals surface area contributed by atoms with Crippen LogP contribution in [0, 0.1) is 0 Å². The van der Waals surface area contributed by atoms with Crippen molar-refractivity contribution in [3.05, 3.63) is 44.8 Å². The Morgan fingerprint density at radius 1 is 1.12 bits per heavy atom. The first-order valence-corrected chi connectivity index (χ1v) is 13.1. The van der Waals surface area contributed by atoms with E-state index in [0.717, 1.165) is 59.6 Å². The number of aryl methyl sites for hydroxylation is 3. The van der Waals surface area contributed by atoms with E-state index in [1.165, 1.54) is 11.1 Å². The maximum atomic E-state index is 13.4. The maximum Gasteiger partial charge on any atom is 1.00 e. The maximum absolute atomic E-state index is 13.4. The van der Waals surface area contributed by atoms with Crippen LogP contribution in [-0.2, 0) is 47.1 Å². The summed E-state index contributed by atoms with van der Waals surface area (Å²) in [5, 5.41) is 6.78. The van der Waals surface area contributed by atoms with Gasteiger partial charge in [0.25, 0.3) is 10.2 Å². The van der Waals surface area contributed by atoms with Crippen LogP contribution in [0.25, 0.3) is 4.72 Å². The molecule has 1 aliphatic heterocycles. The molecule has 2 heterocycles. The van der Waals surface area contributed by atoms with Crippen molar-refractivity contribution in [3.8, 4) is 0 Å². The van der Waals surface area contributed by atoms with Crippen molar-refractivity contribution in [3.63, 3.8) is 0 Å². The molecule has 1 aromatic carbocycles. The second-order valence-corrected chi connectivity index (χ2v) is 10.4. The van der Waals surface area contributed by atoms with E-state index in [0.29, 0.717) is 38.2 Å². The van der Waals surface area contributed by atoms with Crippen molar-refractivity contribution in [1.82, 2.24) is 5.16 Å². The molecule has 5 rings (SSSR count). The molecule has 1 saturated heterocycles. The number of carbonyl (C=O) groups is 1. The van der Waals surface area contributed by atoms with Gasteiger partial charge in [0.15, 0.2) is 6.03 Å². The molecule has 0 saturated carbocycles. The Hall–Kier alpha value is -1.59. The molecule has 2 aliphatic carbocycles. The first kappa shape index (κ1) is 25.5. The van der Waals surface area contributed by atoms with E-state index in [1.807, 2.05) is 6.92 Å². The van der Waals surface area contributed by atoms with Gasteiger partial charge in [0, 0.05) is 19.3 Å². The zero-order valence-electron chi connectivity index (χ0n) is 19.8. The van der Waals surface area contributed by atoms with Crippen molar-refractivity contribution in [1.29, 1.82) is 0 Å². The van der Waals surface area contributed by atoms with Crippen molar-refractivity contribution in [2.24, 2.45) is 0 Å². The van der Waals surface area contributed by atoms with Crippen LogP contribution in [0.2, 0.25) is 0 Å². The summed E-state index contributed by atoms with van der Waals surface area (Å²) in [6.07, 6.45) is 7.41. The van der Waals surface area contributed by atoms with Crippen molar-refractivity contribution < 1.29 is 52.0 Å². The predicted octanol–water partition coefficient (Wildman–Crippen LogP) is 1.05. The molecular weight excluding hydrogens is 467 g/mol. The topological polar surface area (TPSA) is 116 Å². The van der Waals surface area contributed by atoms with Gasteiger partial charge in [-0.2, -0.15) is 0 Å². The van der Waals surface area contributed by atoms with Gasteiger partial charge in [-0.1, -0.05) is 18.1 Å². The SMILES string of the molecule is CCc1cc(N(C2CCOCC2)S(=O)(=O)[N-]C(=O)Nc2c3c(cc4c2CCC4)CCC3)on1.[Na+]. The van der Waals surface area contributed by atoms with Crippen LogP contribution < -0.4 is 39.2 Å². The smallest absolute Gasteiger partial charge is 0.423 e. The second-order valence-electron chi connectivity index (χ2n) is 8.88. The Morgan fingerprint density at radius 3 is 2.35 bits per heavy atom. The molecule has 178 valence electrons. The average Bonchev–Trinajstić information content (AvgIpc) is 3.54. The van der Waals surface area contributed by atoms with Gasteiger partial charge in [-0.05, 0) is 85.7 Å². The molecule has 0 spiro atoms. The molecule has 0 atom stereocenters. The van der Waals surface area contributed by atoms with E-state index in [4.69, 9.17) is 9.26 Å². The quantitative estimate of drug-likeness (QED) is 0.598. The average molecular weight is 497 g/mol. The zero-order chi connectivity index (χ0) is 23.0. The number of ether oxygens (including phenoxy) is 1. The van der Waals surface area contributed by atoms with E-state index in [-0.39, 0.29) is 35.4 Å². The molecule has 1 N–H and O–H groups in total. The summed E-state index contributed by atoms with van der Waals surface area (Å²) < 4.78 is 42.2. The predicted molar refractivity (Wildman–Crippen MR) is 124 cm³/mol. The number of fused-ring (bicyclic) bond motifs is 2. The minimum Gasteiger partial charge on any atom is -0.423 e. The number of urea groups is 1. The van der Waals surface area contributed by atoms with Crippen LogP contribution >= 0.6 is 0 Å². The largest absolute Gasteiger partial charge is 1.00 e. The molecule has 1 fully saturated rings. The number of hydrogen-bond acceptors (Lipinski definition) is 6. The molecule has 11 heteroatoms. The number of nitrogens with one attached hydrogen (secondary N) is 1. The number of aromatic nitrogens is 1. The summed E-state index contributed by atoms with van der Waals surface area (Å²) in [6, 6.07) is 2.56. The van der Waals surface area contributed by atoms with Gasteiger partial charge in [0.2, 0.25) is 5.88 Å². The molecule has 0 unspecified atom stereocenters. The Labute approximate surface area is 222 Å². The Bertz CT molecular complexity index is 1130. The van der Waals surface area contributed by atoms with Gasteiger partial charge < -0.3 is 19.3 Å². The first-order valence-electron chi connectivity index (χ1n) is 11.7. The van der Waals surface area contributed by atoms with Gasteiger partial charge >= 0.3 is 29.6 Å². The fourth-order valence-electron chi connectivity index (χ4n) is 5.22. The van der Waals surface area contributed by atoms with Crippen LogP contribution in [-0.4, -0.2) is 38.9 Å². The van der Waals surface area contributed by atoms with Gasteiger partial charge in [0.05, 0.1) is 11.7 Å². The van der Waals surface area contributed by atoms with Crippen LogP contribution in [0.4, 0.5) is 16.4 Å². The minimum atomic E-state index is -4.36. The summed E-state index contributed by atoms with van der Waals surface area (Å²) in [4.78, 5) is 13.0. The summed E-state index contributed by atoms with van der Waals surface area (Å²) in [7, 11) is -4.36. The number of carbonyl (C=O) groups excluding carboxylic acids is 1. The normalized spacial score (nSPS) is 17.6. The van der Waals surface area contributed by atoms with Crippen LogP contribution in [0.3, 0.4) is 0 Å². The van der Waals surface area contributed by atoms with Crippen LogP contribution in [0.5, 0.6) is 0 Å². The van der Waals surface area contributed by atoms with Gasteiger partial charge in [-0.15, -0.1) is 0 Å². The monoisotopic (exact) mass is 496 g/mol. The van der Waals surface area contributed by atoms with E-state index >= 15 is 0 Å². The molecule has 0 bridgehead atoms. The second kappa shape index (κ2) is 10.6. The molecular formula is C23H29N4NaO5S. The van der Waals surface area contributed by atoms with Gasteiger partial charge in [0.1, 0.15) is 0 Å². The van der Waals surface area contributed by atoms with Gasteiger partial charge in [-0.3, -0.25) is 4.79 Å². The third-order valence-electron chi connectivity index (χ3n) is 6.80. The summed E-state index contributed by atoms with van der Waals surface area (Å²) in [5.41, 5.74) is 6.17. The number of hydrogen-bond donors (Lipinski definition) is 1. The van der Waals surface area contributed by atoms with Crippen molar-refractivity contribution in [2.45, 2.75) is 70.8 Å². The first-order chi connectivity index (χ1) is 16.0. The molecule has 34 heavy (non-hydrogen) atoms. The molecule has 0 radical (unpaired) electrons. The number of nitrogens with zero attached hydrogens (tertiary/aromatic N) is 3. The van der Waals surface area contributed by atoms with E-state index in [9.17, 15) is 13.2 Å². The third-order valence-corrected chi connectivity index (χ3v) is 8.17. The van der Waals surface area contributed by atoms with E-state index in [1.54, 1.807) is 6.07 Å². The fourth-order valence-corrected chi connectivity index (χ4v) is 6.46. The van der Waals surface area contributed by atoms with Gasteiger partial charge in [-0.25, -0.2) is 12.7 Å². The Kier molecular flexibility index (Phi) is 7.93. The number of amides is 2. The van der Waals surface area contributed by atoms with E-state index in [2.05, 4.69) is 21.3 Å². The fraction of sp³-hybridized carbons (Fsp3) is 0.565. The van der Waals surface area contributed by atoms with E-state index < -0.39 is 22.3 Å². The summed E-state index contributed by atoms with van der Waals surface area (Å²) >= 11 is 0. The number of anilines is 2. The number of rotatable bonds is 6. The molecule has 2 aromatic rings. The van der Waals surface area contributed by atoms with Crippen LogP contribution in [0.15, 0.2) is 16.7 Å². The molecule has 2 amide bonds. The van der Waals surface area contributed by atoms with Crippen molar-refractivity contribution in [2.75, 3.05) is 22.8 Å². The third kappa shape index (κ3) is 5.02. The Morgan fingerprint density at radius 2 is 1.76 bits per heavy atom.